The molecule has 0 radical (unpaired) electrons. The Balaban J connectivity index is 2.27. The number of carbonyl (C=O) groups excluding carboxylic acids is 2. The minimum atomic E-state index is -1.39. The van der Waals surface area contributed by atoms with Crippen molar-refractivity contribution < 1.29 is 29.7 Å². The van der Waals surface area contributed by atoms with Crippen molar-refractivity contribution in [1.82, 2.24) is 0 Å². The zero-order chi connectivity index (χ0) is 16.7. The minimum absolute atomic E-state index is 0.0468. The molecule has 0 fully saturated rings. The third kappa shape index (κ3) is 2.17. The van der Waals surface area contributed by atoms with Gasteiger partial charge in [-0.3, -0.25) is 9.59 Å². The second-order valence-corrected chi connectivity index (χ2v) is 4.96. The first kappa shape index (κ1) is 14.5. The van der Waals surface area contributed by atoms with Crippen LogP contribution in [0.25, 0.3) is 11.3 Å². The van der Waals surface area contributed by atoms with Crippen molar-refractivity contribution in [3.63, 3.8) is 0 Å². The smallest absolute Gasteiger partial charge is 0.339 e. The van der Waals surface area contributed by atoms with Crippen LogP contribution >= 0.6 is 0 Å². The molecule has 0 heterocycles. The lowest BCUT2D eigenvalue weighted by molar-refractivity contribution is -0.110. The lowest BCUT2D eigenvalue weighted by Crippen LogP contribution is -2.23. The number of aromatic hydroxyl groups is 1. The van der Waals surface area contributed by atoms with Gasteiger partial charge in [0.1, 0.15) is 17.1 Å². The number of ketones is 2. The molecule has 0 spiro atoms. The van der Waals surface area contributed by atoms with Crippen molar-refractivity contribution in [3.05, 3.63) is 64.7 Å². The number of aromatic carboxylic acids is 1. The zero-order valence-electron chi connectivity index (χ0n) is 11.6. The van der Waals surface area contributed by atoms with E-state index in [1.165, 1.54) is 18.2 Å². The van der Waals surface area contributed by atoms with Gasteiger partial charge in [0.05, 0.1) is 5.57 Å². The molecule has 1 aliphatic carbocycles. The van der Waals surface area contributed by atoms with Crippen molar-refractivity contribution in [2.24, 2.45) is 0 Å². The molecular formula is C17H10O6. The van der Waals surface area contributed by atoms with E-state index in [4.69, 9.17) is 5.11 Å². The molecular weight excluding hydrogens is 300 g/mol. The van der Waals surface area contributed by atoms with E-state index >= 15 is 0 Å². The molecule has 0 aliphatic heterocycles. The van der Waals surface area contributed by atoms with Gasteiger partial charge >= 0.3 is 5.97 Å². The standard InChI is InChI=1S/C17H10O6/c18-12-6-5-8(7-11(12)17(22)23)13-14(19)9-3-1-2-4-10(9)15(20)16(13)21/h1-7,18-19H,(H,22,23). The van der Waals surface area contributed by atoms with E-state index in [1.807, 2.05) is 0 Å². The fraction of sp³-hybridized carbons (Fsp3) is 0. The summed E-state index contributed by atoms with van der Waals surface area (Å²) in [5, 5.41) is 28.9. The Kier molecular flexibility index (Phi) is 3.22. The normalized spacial score (nSPS) is 13.9. The molecule has 23 heavy (non-hydrogen) atoms. The lowest BCUT2D eigenvalue weighted by atomic mass is 9.85. The molecule has 0 amide bonds. The highest BCUT2D eigenvalue weighted by Crippen LogP contribution is 2.34. The molecule has 2 aromatic carbocycles. The topological polar surface area (TPSA) is 112 Å². The molecule has 0 unspecified atom stereocenters. The summed E-state index contributed by atoms with van der Waals surface area (Å²) < 4.78 is 0. The maximum absolute atomic E-state index is 12.3. The Labute approximate surface area is 129 Å². The highest BCUT2D eigenvalue weighted by molar-refractivity contribution is 6.62. The van der Waals surface area contributed by atoms with Crippen molar-refractivity contribution in [1.29, 1.82) is 0 Å². The van der Waals surface area contributed by atoms with Crippen LogP contribution in [-0.2, 0) is 4.79 Å². The maximum atomic E-state index is 12.3. The molecule has 0 saturated carbocycles. The number of benzene rings is 2. The predicted octanol–water partition coefficient (Wildman–Crippen LogP) is 2.28. The average molecular weight is 310 g/mol. The van der Waals surface area contributed by atoms with Crippen LogP contribution in [-0.4, -0.2) is 32.9 Å². The average Bonchev–Trinajstić information content (AvgIpc) is 2.54. The number of aliphatic hydroxyl groups is 1. The van der Waals surface area contributed by atoms with Gasteiger partial charge in [0.25, 0.3) is 0 Å². The van der Waals surface area contributed by atoms with Gasteiger partial charge in [-0.05, 0) is 17.7 Å². The molecule has 0 atom stereocenters. The Morgan fingerprint density at radius 2 is 1.52 bits per heavy atom. The van der Waals surface area contributed by atoms with Crippen LogP contribution in [0.5, 0.6) is 5.75 Å². The van der Waals surface area contributed by atoms with Crippen molar-refractivity contribution in [3.8, 4) is 5.75 Å². The third-order valence-corrected chi connectivity index (χ3v) is 3.61. The van der Waals surface area contributed by atoms with E-state index in [0.29, 0.717) is 0 Å². The number of carboxylic acids is 1. The Bertz CT molecular complexity index is 907. The number of carbonyl (C=O) groups is 3. The summed E-state index contributed by atoms with van der Waals surface area (Å²) in [7, 11) is 0. The third-order valence-electron chi connectivity index (χ3n) is 3.61. The molecule has 0 bridgehead atoms. The van der Waals surface area contributed by atoms with Gasteiger partial charge in [-0.25, -0.2) is 4.79 Å². The van der Waals surface area contributed by atoms with Crippen molar-refractivity contribution in [2.45, 2.75) is 0 Å². The quantitative estimate of drug-likeness (QED) is 0.734. The van der Waals surface area contributed by atoms with E-state index in [-0.39, 0.29) is 22.3 Å². The molecule has 0 saturated heterocycles. The fourth-order valence-electron chi connectivity index (χ4n) is 2.50. The number of allylic oxidation sites excluding steroid dienone is 1. The SMILES string of the molecule is O=C1C(=O)c2ccccc2C(O)=C1c1ccc(O)c(C(=O)O)c1. The Hall–Kier alpha value is -3.41. The number of hydrogen-bond donors (Lipinski definition) is 3. The summed E-state index contributed by atoms with van der Waals surface area (Å²) in [6.45, 7) is 0. The first-order valence-corrected chi connectivity index (χ1v) is 6.60. The lowest BCUT2D eigenvalue weighted by Gasteiger charge is -2.18. The van der Waals surface area contributed by atoms with Crippen LogP contribution in [0, 0.1) is 0 Å². The van der Waals surface area contributed by atoms with Crippen molar-refractivity contribution >= 4 is 28.9 Å². The van der Waals surface area contributed by atoms with Crippen molar-refractivity contribution in [2.75, 3.05) is 0 Å². The molecule has 6 nitrogen and oxygen atoms in total. The van der Waals surface area contributed by atoms with E-state index < -0.39 is 34.6 Å². The summed E-state index contributed by atoms with van der Waals surface area (Å²) >= 11 is 0. The van der Waals surface area contributed by atoms with Crippen LogP contribution in [0.2, 0.25) is 0 Å². The number of phenols is 1. The second-order valence-electron chi connectivity index (χ2n) is 4.96. The van der Waals surface area contributed by atoms with Crippen LogP contribution in [0.3, 0.4) is 0 Å². The summed E-state index contributed by atoms with van der Waals surface area (Å²) in [6.07, 6.45) is 0. The van der Waals surface area contributed by atoms with Gasteiger partial charge in [-0.2, -0.15) is 0 Å². The predicted molar refractivity (Wildman–Crippen MR) is 80.3 cm³/mol. The van der Waals surface area contributed by atoms with E-state index in [0.717, 1.165) is 12.1 Å². The molecule has 1 aliphatic rings. The van der Waals surface area contributed by atoms with E-state index in [9.17, 15) is 24.6 Å². The zero-order valence-corrected chi connectivity index (χ0v) is 11.6. The minimum Gasteiger partial charge on any atom is -0.507 e. The number of Topliss-reactive ketones (excluding diaryl/α,β-unsaturated/α-hetero) is 2. The van der Waals surface area contributed by atoms with E-state index in [1.54, 1.807) is 12.1 Å². The molecule has 0 aromatic heterocycles. The number of rotatable bonds is 2. The Morgan fingerprint density at radius 1 is 0.870 bits per heavy atom. The van der Waals surface area contributed by atoms with Gasteiger partial charge < -0.3 is 15.3 Å². The molecule has 114 valence electrons. The van der Waals surface area contributed by atoms with Gasteiger partial charge in [-0.15, -0.1) is 0 Å². The molecule has 3 N–H and O–H groups in total. The number of aliphatic hydroxyl groups excluding tert-OH is 1. The second kappa shape index (κ2) is 5.10. The largest absolute Gasteiger partial charge is 0.507 e. The van der Waals surface area contributed by atoms with Gasteiger partial charge in [0.15, 0.2) is 0 Å². The molecule has 3 rings (SSSR count). The monoisotopic (exact) mass is 310 g/mol. The first-order chi connectivity index (χ1) is 10.9. The summed E-state index contributed by atoms with van der Waals surface area (Å²) in [5.41, 5.74) is -0.364. The first-order valence-electron chi connectivity index (χ1n) is 6.60. The summed E-state index contributed by atoms with van der Waals surface area (Å²) in [5.74, 6) is -3.97. The summed E-state index contributed by atoms with van der Waals surface area (Å²) in [4.78, 5) is 35.6. The van der Waals surface area contributed by atoms with Crippen LogP contribution in [0.1, 0.15) is 31.8 Å². The number of hydrogen-bond acceptors (Lipinski definition) is 5. The van der Waals surface area contributed by atoms with E-state index in [2.05, 4.69) is 0 Å². The highest BCUT2D eigenvalue weighted by atomic mass is 16.4. The van der Waals surface area contributed by atoms with Gasteiger partial charge in [0, 0.05) is 11.1 Å². The van der Waals surface area contributed by atoms with Crippen LogP contribution in [0.15, 0.2) is 42.5 Å². The molecule has 2 aromatic rings. The Morgan fingerprint density at radius 3 is 2.17 bits per heavy atom. The van der Waals surface area contributed by atoms with Crippen LogP contribution < -0.4 is 0 Å². The summed E-state index contributed by atoms with van der Waals surface area (Å²) in [6, 6.07) is 9.52. The maximum Gasteiger partial charge on any atom is 0.339 e. The highest BCUT2D eigenvalue weighted by Gasteiger charge is 2.33. The number of fused-ring (bicyclic) bond motifs is 1. The van der Waals surface area contributed by atoms with Crippen LogP contribution in [0.4, 0.5) is 0 Å². The number of carboxylic acid groups (broad SMARTS) is 1. The van der Waals surface area contributed by atoms with Gasteiger partial charge in [-0.1, -0.05) is 30.3 Å². The van der Waals surface area contributed by atoms with Gasteiger partial charge in [0.2, 0.25) is 11.6 Å². The molecule has 6 heteroatoms. The fourth-order valence-corrected chi connectivity index (χ4v) is 2.50.